The maximum atomic E-state index is 11.2. The molecule has 0 rings (SSSR count). The number of nitrogens with zero attached hydrogens (tertiary/aromatic N) is 1. The number of carboxylic acid groups (broad SMARTS) is 1. The number of aliphatic carboxylic acids is 1. The van der Waals surface area contributed by atoms with Gasteiger partial charge in [0.25, 0.3) is 0 Å². The van der Waals surface area contributed by atoms with Crippen LogP contribution in [0.1, 0.15) is 13.3 Å². The highest BCUT2D eigenvalue weighted by atomic mass is 32.1. The Kier molecular flexibility index (Phi) is 11.1. The quantitative estimate of drug-likeness (QED) is 0.123. The van der Waals surface area contributed by atoms with Crippen LogP contribution >= 0.6 is 12.2 Å². The first-order valence-electron chi connectivity index (χ1n) is 7.64. The summed E-state index contributed by atoms with van der Waals surface area (Å²) in [6, 6.07) is -2.23. The summed E-state index contributed by atoms with van der Waals surface area (Å²) < 4.78 is 0. The van der Waals surface area contributed by atoms with Gasteiger partial charge in [-0.3, -0.25) is 10.2 Å². The number of likely N-dealkylation sites (N-methyl/N-ethyl adjacent to an activating group) is 1. The minimum absolute atomic E-state index is 0.0261. The van der Waals surface area contributed by atoms with Crippen LogP contribution in [0.3, 0.4) is 0 Å². The highest BCUT2D eigenvalue weighted by Crippen LogP contribution is 1.96. The van der Waals surface area contributed by atoms with Crippen molar-refractivity contribution in [2.75, 3.05) is 26.7 Å². The van der Waals surface area contributed by atoms with Crippen LogP contribution in [0.15, 0.2) is 0 Å². The van der Waals surface area contributed by atoms with Crippen LogP contribution in [0.2, 0.25) is 0 Å². The molecular weight excluding hydrogens is 352 g/mol. The van der Waals surface area contributed by atoms with Crippen LogP contribution in [0.5, 0.6) is 0 Å². The molecule has 4 unspecified atom stereocenters. The van der Waals surface area contributed by atoms with Gasteiger partial charge in [-0.1, -0.05) is 0 Å². The lowest BCUT2D eigenvalue weighted by molar-refractivity contribution is -0.140. The van der Waals surface area contributed by atoms with Gasteiger partial charge in [-0.25, -0.2) is 9.80 Å². The molecule has 0 aromatic heterocycles. The second-order valence-corrected chi connectivity index (χ2v) is 6.11. The van der Waals surface area contributed by atoms with E-state index in [-0.39, 0.29) is 18.1 Å². The Balaban J connectivity index is 4.60. The monoisotopic (exact) mass is 380 g/mol. The highest BCUT2D eigenvalue weighted by molar-refractivity contribution is 7.80. The predicted octanol–water partition coefficient (Wildman–Crippen LogP) is -3.72. The molecule has 1 amide bonds. The summed E-state index contributed by atoms with van der Waals surface area (Å²) in [6.07, 6.45) is -0.726. The number of hydrogen-bond acceptors (Lipinski definition) is 8. The third-order valence-electron chi connectivity index (χ3n) is 3.28. The average Bonchev–Trinajstić information content (AvgIpc) is 2.48. The molecule has 0 aromatic carbocycles. The first-order valence-corrected chi connectivity index (χ1v) is 8.04. The number of carbonyl (C=O) groups excluding carboxylic acids is 1. The molecule has 4 atom stereocenters. The fraction of sp³-hybridized carbons (Fsp3) is 0.769. The van der Waals surface area contributed by atoms with Crippen molar-refractivity contribution in [1.82, 2.24) is 21.1 Å². The molecule has 0 spiro atoms. The molecule has 0 bridgehead atoms. The van der Waals surface area contributed by atoms with E-state index in [4.69, 9.17) is 33.9 Å². The molecule has 0 aliphatic carbocycles. The number of aliphatic hydroxyl groups is 2. The zero-order valence-electron chi connectivity index (χ0n) is 14.3. The Morgan fingerprint density at radius 1 is 1.32 bits per heavy atom. The van der Waals surface area contributed by atoms with Crippen LogP contribution in [0, 0.1) is 0 Å². The number of nitrogens with two attached hydrogens (primary N) is 2. The summed E-state index contributed by atoms with van der Waals surface area (Å²) in [4.78, 5) is 22.1. The van der Waals surface area contributed by atoms with Crippen molar-refractivity contribution in [2.24, 2.45) is 11.5 Å². The third kappa shape index (κ3) is 10.8. The number of carbonyl (C=O) groups is 2. The molecule has 0 aliphatic heterocycles. The van der Waals surface area contributed by atoms with Crippen molar-refractivity contribution < 1.29 is 24.9 Å². The topological polar surface area (TPSA) is 186 Å². The van der Waals surface area contributed by atoms with Crippen molar-refractivity contribution in [2.45, 2.75) is 37.6 Å². The predicted molar refractivity (Wildman–Crippen MR) is 95.3 cm³/mol. The second kappa shape index (κ2) is 11.9. The first kappa shape index (κ1) is 23.4. The maximum absolute atomic E-state index is 11.2. The number of carboxylic acids is 1. The van der Waals surface area contributed by atoms with E-state index in [2.05, 4.69) is 16.1 Å². The Hall–Kier alpha value is -1.57. The molecule has 0 saturated heterocycles. The summed E-state index contributed by atoms with van der Waals surface area (Å²) in [5, 5.41) is 34.1. The summed E-state index contributed by atoms with van der Waals surface area (Å²) in [6.45, 7) is 1.53. The first-order chi connectivity index (χ1) is 11.6. The number of rotatable bonds is 12. The van der Waals surface area contributed by atoms with E-state index < -0.39 is 42.7 Å². The van der Waals surface area contributed by atoms with Crippen LogP contribution in [0.25, 0.3) is 0 Å². The van der Waals surface area contributed by atoms with Gasteiger partial charge < -0.3 is 37.4 Å². The molecule has 12 heteroatoms. The average molecular weight is 380 g/mol. The smallest absolute Gasteiger partial charge is 0.328 e. The van der Waals surface area contributed by atoms with Crippen molar-refractivity contribution in [3.8, 4) is 0 Å². The summed E-state index contributed by atoms with van der Waals surface area (Å²) in [5.74, 6) is -1.82. The summed E-state index contributed by atoms with van der Waals surface area (Å²) >= 11 is 5.00. The van der Waals surface area contributed by atoms with Crippen molar-refractivity contribution >= 4 is 29.2 Å². The molecular formula is C13H28N6O5S. The van der Waals surface area contributed by atoms with Gasteiger partial charge in [-0.2, -0.15) is 0 Å². The number of hydrogen-bond donors (Lipinski definition) is 8. The molecule has 11 nitrogen and oxygen atoms in total. The van der Waals surface area contributed by atoms with Crippen molar-refractivity contribution in [1.29, 1.82) is 0 Å². The maximum Gasteiger partial charge on any atom is 0.328 e. The lowest BCUT2D eigenvalue weighted by atomic mass is 10.2. The Bertz CT molecular complexity index is 453. The molecule has 0 radical (unpaired) electrons. The molecule has 0 saturated carbocycles. The number of amides is 1. The summed E-state index contributed by atoms with van der Waals surface area (Å²) in [7, 11) is 1.70. The fourth-order valence-electron chi connectivity index (χ4n) is 1.80. The molecule has 10 N–H and O–H groups in total. The van der Waals surface area contributed by atoms with Gasteiger partial charge in [-0.05, 0) is 19.1 Å². The minimum atomic E-state index is -1.26. The fourth-order valence-corrected chi connectivity index (χ4v) is 2.11. The molecule has 0 fully saturated rings. The van der Waals surface area contributed by atoms with Gasteiger partial charge >= 0.3 is 5.97 Å². The van der Waals surface area contributed by atoms with Crippen LogP contribution in [0.4, 0.5) is 0 Å². The van der Waals surface area contributed by atoms with Gasteiger partial charge in [0.1, 0.15) is 6.04 Å². The van der Waals surface area contributed by atoms with Gasteiger partial charge in [-0.15, -0.1) is 0 Å². The largest absolute Gasteiger partial charge is 0.480 e. The van der Waals surface area contributed by atoms with E-state index in [1.165, 1.54) is 0 Å². The van der Waals surface area contributed by atoms with E-state index in [0.717, 1.165) is 0 Å². The lowest BCUT2D eigenvalue weighted by Gasteiger charge is -2.28. The zero-order chi connectivity index (χ0) is 19.6. The van der Waals surface area contributed by atoms with Crippen LogP contribution in [-0.4, -0.2) is 88.3 Å². The SMILES string of the molecule is CC(O)C(N)CNN(C)CC(CC(N)=O)NC(=S)NC(CO)C(=O)O. The standard InChI is InChI=1S/C13H28N6O5S/c1-7(21)9(14)4-16-19(2)5-8(3-11(15)22)17-13(25)18-10(6-20)12(23)24/h7-10,16,20-21H,3-6,14H2,1-2H3,(H2,15,22)(H,23,24)(H2,17,18,25). The number of aliphatic hydroxyl groups excluding tert-OH is 2. The zero-order valence-corrected chi connectivity index (χ0v) is 15.1. The molecule has 146 valence electrons. The van der Waals surface area contributed by atoms with Gasteiger partial charge in [0.2, 0.25) is 5.91 Å². The number of thiocarbonyl (C=S) groups is 1. The number of hydrazine groups is 1. The highest BCUT2D eigenvalue weighted by Gasteiger charge is 2.20. The van der Waals surface area contributed by atoms with E-state index >= 15 is 0 Å². The Labute approximate surface area is 151 Å². The van der Waals surface area contributed by atoms with E-state index in [0.29, 0.717) is 6.54 Å². The summed E-state index contributed by atoms with van der Waals surface area (Å²) in [5.41, 5.74) is 13.9. The minimum Gasteiger partial charge on any atom is -0.480 e. The molecule has 0 heterocycles. The third-order valence-corrected chi connectivity index (χ3v) is 3.52. The van der Waals surface area contributed by atoms with Crippen LogP contribution in [-0.2, 0) is 9.59 Å². The van der Waals surface area contributed by atoms with Crippen molar-refractivity contribution in [3.05, 3.63) is 0 Å². The second-order valence-electron chi connectivity index (χ2n) is 5.71. The molecule has 0 aliphatic rings. The van der Waals surface area contributed by atoms with E-state index in [1.54, 1.807) is 19.0 Å². The van der Waals surface area contributed by atoms with Gasteiger partial charge in [0.15, 0.2) is 5.11 Å². The number of primary amides is 1. The van der Waals surface area contributed by atoms with Crippen molar-refractivity contribution in [3.63, 3.8) is 0 Å². The normalized spacial score (nSPS) is 15.9. The van der Waals surface area contributed by atoms with Gasteiger partial charge in [0, 0.05) is 32.6 Å². The van der Waals surface area contributed by atoms with Gasteiger partial charge in [0.05, 0.1) is 18.8 Å². The van der Waals surface area contributed by atoms with Crippen LogP contribution < -0.4 is 27.5 Å². The molecule has 25 heavy (non-hydrogen) atoms. The Morgan fingerprint density at radius 3 is 2.36 bits per heavy atom. The van der Waals surface area contributed by atoms with E-state index in [1.807, 2.05) is 0 Å². The Morgan fingerprint density at radius 2 is 1.92 bits per heavy atom. The number of nitrogens with one attached hydrogen (secondary N) is 3. The van der Waals surface area contributed by atoms with E-state index in [9.17, 15) is 14.7 Å². The lowest BCUT2D eigenvalue weighted by Crippen LogP contribution is -2.55. The molecule has 0 aromatic rings.